The van der Waals surface area contributed by atoms with Crippen molar-refractivity contribution in [1.29, 1.82) is 0 Å². The van der Waals surface area contributed by atoms with Gasteiger partial charge in [0.1, 0.15) is 11.8 Å². The summed E-state index contributed by atoms with van der Waals surface area (Å²) in [6, 6.07) is 4.89. The molecular weight excluding hydrogens is 404 g/mol. The molecule has 162 valence electrons. The van der Waals surface area contributed by atoms with Crippen LogP contribution < -0.4 is 9.64 Å². The Kier molecular flexibility index (Phi) is 7.10. The summed E-state index contributed by atoms with van der Waals surface area (Å²) in [5.74, 6) is -0.107. The Morgan fingerprint density at radius 2 is 2.13 bits per heavy atom. The molecule has 0 radical (unpaired) electrons. The molecular formula is C22H28N2O5S. The van der Waals surface area contributed by atoms with Crippen LogP contribution in [0.25, 0.3) is 11.3 Å². The molecule has 0 bridgehead atoms. The van der Waals surface area contributed by atoms with E-state index < -0.39 is 18.1 Å². The Hall–Kier alpha value is -2.45. The molecule has 0 saturated heterocycles. The minimum Gasteiger partial charge on any atom is -0.479 e. The minimum atomic E-state index is -0.715. The predicted molar refractivity (Wildman–Crippen MR) is 116 cm³/mol. The quantitative estimate of drug-likeness (QED) is 0.590. The third-order valence-corrected chi connectivity index (χ3v) is 5.71. The van der Waals surface area contributed by atoms with E-state index in [1.165, 1.54) is 4.90 Å². The maximum absolute atomic E-state index is 13.0. The lowest BCUT2D eigenvalue weighted by molar-refractivity contribution is -0.150. The van der Waals surface area contributed by atoms with Crippen molar-refractivity contribution in [1.82, 2.24) is 4.98 Å². The van der Waals surface area contributed by atoms with Crippen molar-refractivity contribution in [3.63, 3.8) is 0 Å². The van der Waals surface area contributed by atoms with E-state index in [-0.39, 0.29) is 12.0 Å². The van der Waals surface area contributed by atoms with Crippen molar-refractivity contribution >= 4 is 28.9 Å². The summed E-state index contributed by atoms with van der Waals surface area (Å²) in [6.45, 7) is 7.76. The lowest BCUT2D eigenvalue weighted by Crippen LogP contribution is -2.53. The Morgan fingerprint density at radius 3 is 2.80 bits per heavy atom. The van der Waals surface area contributed by atoms with E-state index in [1.54, 1.807) is 39.2 Å². The average Bonchev–Trinajstić information content (AvgIpc) is 3.18. The summed E-state index contributed by atoms with van der Waals surface area (Å²) in [6.07, 6.45) is 0.248. The number of fused-ring (bicyclic) bond motifs is 1. The predicted octanol–water partition coefficient (Wildman–Crippen LogP) is 3.84. The van der Waals surface area contributed by atoms with Gasteiger partial charge >= 0.3 is 5.97 Å². The van der Waals surface area contributed by atoms with Gasteiger partial charge < -0.3 is 14.2 Å². The standard InChI is InChI=1S/C22H28N2O5S/c1-6-17(22(26)28-13(2)3)24-18-11-15(7-8-19(18)29-14(4)21(24)25)16-12-30-20(23-16)9-10-27-5/h7-8,11-14,17H,6,9-10H2,1-5H3. The van der Waals surface area contributed by atoms with Crippen LogP contribution in [0, 0.1) is 0 Å². The number of amides is 1. The molecule has 0 fully saturated rings. The number of thiazole rings is 1. The molecule has 2 aromatic rings. The fourth-order valence-corrected chi connectivity index (χ4v) is 4.14. The Balaban J connectivity index is 1.98. The maximum atomic E-state index is 13.0. The fourth-order valence-electron chi connectivity index (χ4n) is 3.35. The second kappa shape index (κ2) is 9.57. The maximum Gasteiger partial charge on any atom is 0.329 e. The van der Waals surface area contributed by atoms with Crippen LogP contribution in [0.1, 0.15) is 39.1 Å². The van der Waals surface area contributed by atoms with Gasteiger partial charge in [-0.3, -0.25) is 9.69 Å². The number of ether oxygens (including phenoxy) is 3. The summed E-state index contributed by atoms with van der Waals surface area (Å²) in [7, 11) is 1.67. The number of hydrogen-bond acceptors (Lipinski definition) is 7. The molecule has 1 amide bonds. The second-order valence-corrected chi connectivity index (χ2v) is 8.37. The van der Waals surface area contributed by atoms with Crippen molar-refractivity contribution < 1.29 is 23.8 Å². The minimum absolute atomic E-state index is 0.258. The average molecular weight is 433 g/mol. The zero-order valence-electron chi connectivity index (χ0n) is 18.0. The van der Waals surface area contributed by atoms with E-state index >= 15 is 0 Å². The van der Waals surface area contributed by atoms with Gasteiger partial charge in [-0.2, -0.15) is 0 Å². The number of hydrogen-bond donors (Lipinski definition) is 0. The van der Waals surface area contributed by atoms with Crippen molar-refractivity contribution in [3.8, 4) is 17.0 Å². The van der Waals surface area contributed by atoms with Crippen LogP contribution in [0.3, 0.4) is 0 Å². The lowest BCUT2D eigenvalue weighted by atomic mass is 10.0. The van der Waals surface area contributed by atoms with Gasteiger partial charge in [0.25, 0.3) is 5.91 Å². The molecule has 3 rings (SSSR count). The van der Waals surface area contributed by atoms with Gasteiger partial charge in [-0.15, -0.1) is 11.3 Å². The monoisotopic (exact) mass is 432 g/mol. The highest BCUT2D eigenvalue weighted by Crippen LogP contribution is 2.39. The van der Waals surface area contributed by atoms with E-state index in [0.29, 0.717) is 24.5 Å². The summed E-state index contributed by atoms with van der Waals surface area (Å²) in [5.41, 5.74) is 2.24. The molecule has 1 aliphatic rings. The molecule has 1 aliphatic heterocycles. The molecule has 7 nitrogen and oxygen atoms in total. The first-order valence-electron chi connectivity index (χ1n) is 10.1. The number of nitrogens with zero attached hydrogens (tertiary/aromatic N) is 2. The summed E-state index contributed by atoms with van der Waals surface area (Å²) < 4.78 is 16.3. The molecule has 30 heavy (non-hydrogen) atoms. The first kappa shape index (κ1) is 22.2. The topological polar surface area (TPSA) is 78.0 Å². The van der Waals surface area contributed by atoms with Gasteiger partial charge in [-0.1, -0.05) is 6.92 Å². The summed E-state index contributed by atoms with van der Waals surface area (Å²) in [5, 5.41) is 2.96. The molecule has 8 heteroatoms. The first-order valence-corrected chi connectivity index (χ1v) is 11.0. The number of anilines is 1. The molecule has 0 spiro atoms. The fraction of sp³-hybridized carbons (Fsp3) is 0.500. The van der Waals surface area contributed by atoms with E-state index in [1.807, 2.05) is 30.5 Å². The summed E-state index contributed by atoms with van der Waals surface area (Å²) >= 11 is 1.57. The van der Waals surface area contributed by atoms with Crippen LogP contribution in [0.5, 0.6) is 5.75 Å². The van der Waals surface area contributed by atoms with Crippen LogP contribution in [-0.2, 0) is 25.5 Å². The van der Waals surface area contributed by atoms with Gasteiger partial charge in [0.2, 0.25) is 0 Å². The largest absolute Gasteiger partial charge is 0.479 e. The van der Waals surface area contributed by atoms with Crippen LogP contribution in [0.15, 0.2) is 23.6 Å². The van der Waals surface area contributed by atoms with Gasteiger partial charge in [-0.05, 0) is 45.4 Å². The smallest absolute Gasteiger partial charge is 0.329 e. The number of methoxy groups -OCH3 is 1. The van der Waals surface area contributed by atoms with Crippen molar-refractivity contribution in [2.75, 3.05) is 18.6 Å². The van der Waals surface area contributed by atoms with Crippen LogP contribution in [-0.4, -0.2) is 48.8 Å². The molecule has 2 heterocycles. The number of carbonyl (C=O) groups excluding carboxylic acids is 2. The highest BCUT2D eigenvalue weighted by molar-refractivity contribution is 7.09. The molecule has 1 aromatic heterocycles. The lowest BCUT2D eigenvalue weighted by Gasteiger charge is -2.37. The normalized spacial score (nSPS) is 16.9. The van der Waals surface area contributed by atoms with Crippen molar-refractivity contribution in [2.45, 2.75) is 58.8 Å². The van der Waals surface area contributed by atoms with Gasteiger partial charge in [0, 0.05) is 24.5 Å². The number of esters is 1. The van der Waals surface area contributed by atoms with Gasteiger partial charge in [-0.25, -0.2) is 9.78 Å². The highest BCUT2D eigenvalue weighted by Gasteiger charge is 2.39. The van der Waals surface area contributed by atoms with E-state index in [0.717, 1.165) is 22.7 Å². The number of carbonyl (C=O) groups is 2. The Morgan fingerprint density at radius 1 is 1.37 bits per heavy atom. The van der Waals surface area contributed by atoms with Crippen molar-refractivity contribution in [2.24, 2.45) is 0 Å². The van der Waals surface area contributed by atoms with E-state index in [9.17, 15) is 9.59 Å². The number of aromatic nitrogens is 1. The Labute approximate surface area is 181 Å². The number of benzene rings is 1. The van der Waals surface area contributed by atoms with E-state index in [2.05, 4.69) is 4.98 Å². The van der Waals surface area contributed by atoms with Crippen molar-refractivity contribution in [3.05, 3.63) is 28.6 Å². The number of rotatable bonds is 8. The first-order chi connectivity index (χ1) is 14.3. The van der Waals surface area contributed by atoms with Crippen LogP contribution >= 0.6 is 11.3 Å². The second-order valence-electron chi connectivity index (χ2n) is 7.43. The third-order valence-electron chi connectivity index (χ3n) is 4.80. The summed E-state index contributed by atoms with van der Waals surface area (Å²) in [4.78, 5) is 31.9. The van der Waals surface area contributed by atoms with Gasteiger partial charge in [0.05, 0.1) is 29.1 Å². The molecule has 0 aliphatic carbocycles. The zero-order valence-corrected chi connectivity index (χ0v) is 18.8. The van der Waals surface area contributed by atoms with E-state index in [4.69, 9.17) is 14.2 Å². The molecule has 0 saturated carbocycles. The SMILES string of the molecule is CCC(C(=O)OC(C)C)N1C(=O)C(C)Oc2ccc(-c3csc(CCOC)n3)cc21. The van der Waals surface area contributed by atoms with Gasteiger partial charge in [0.15, 0.2) is 6.10 Å². The van der Waals surface area contributed by atoms with Crippen LogP contribution in [0.2, 0.25) is 0 Å². The molecule has 0 N–H and O–H groups in total. The Bertz CT molecular complexity index is 911. The zero-order chi connectivity index (χ0) is 21.8. The molecule has 2 unspecified atom stereocenters. The third kappa shape index (κ3) is 4.65. The molecule has 2 atom stereocenters. The van der Waals surface area contributed by atoms with Crippen LogP contribution in [0.4, 0.5) is 5.69 Å². The highest BCUT2D eigenvalue weighted by atomic mass is 32.1. The molecule has 1 aromatic carbocycles.